The Morgan fingerprint density at radius 3 is 2.08 bits per heavy atom. The van der Waals surface area contributed by atoms with Crippen molar-refractivity contribution in [2.75, 3.05) is 0 Å². The van der Waals surface area contributed by atoms with Crippen molar-refractivity contribution in [3.05, 3.63) is 72.8 Å². The van der Waals surface area contributed by atoms with Gasteiger partial charge in [-0.2, -0.15) is 0 Å². The molecule has 0 aromatic heterocycles. The van der Waals surface area contributed by atoms with Gasteiger partial charge in [-0.15, -0.1) is 0 Å². The average Bonchev–Trinajstić information content (AvgIpc) is 3.41. The molecule has 0 spiro atoms. The number of cyclic esters (lactones) is 1. The molecule has 2 fully saturated rings. The molecule has 2 bridgehead atoms. The lowest BCUT2D eigenvalue weighted by molar-refractivity contribution is -0.154. The molecule has 6 nitrogen and oxygen atoms in total. The van der Waals surface area contributed by atoms with Gasteiger partial charge in [-0.1, -0.05) is 127 Å². The van der Waals surface area contributed by atoms with E-state index in [9.17, 15) is 15.0 Å². The molecular formula is C42H64O6Si. The molecule has 0 aliphatic carbocycles. The molecule has 49 heavy (non-hydrogen) atoms. The van der Waals surface area contributed by atoms with Gasteiger partial charge >= 0.3 is 5.97 Å². The van der Waals surface area contributed by atoms with Crippen molar-refractivity contribution in [1.29, 1.82) is 0 Å². The topological polar surface area (TPSA) is 85.2 Å². The number of hydrogen-bond donors (Lipinski definition) is 2. The van der Waals surface area contributed by atoms with Crippen LogP contribution in [-0.2, 0) is 18.7 Å². The van der Waals surface area contributed by atoms with Crippen molar-refractivity contribution in [2.45, 2.75) is 154 Å². The number of carbonyl (C=O) groups is 1. The highest BCUT2D eigenvalue weighted by Gasteiger charge is 2.51. The Morgan fingerprint density at radius 2 is 1.49 bits per heavy atom. The van der Waals surface area contributed by atoms with Crippen LogP contribution in [0.25, 0.3) is 0 Å². The number of benzene rings is 2. The summed E-state index contributed by atoms with van der Waals surface area (Å²) in [5, 5.41) is 24.4. The largest absolute Gasteiger partial charge is 0.462 e. The van der Waals surface area contributed by atoms with E-state index in [1.807, 2.05) is 13.8 Å². The van der Waals surface area contributed by atoms with Crippen molar-refractivity contribution in [2.24, 2.45) is 17.8 Å². The SMILES string of the molecule is C=C1C[C@@H](CC[C@H](C)O[Si](c2ccccc2)(c2ccccc2)C(C)(C)C)OC(=O)[C@@H](C)CCCC[C@@H]2O[C@@H](C[C@@H](O)[C@H](O)[C@H](C)C1)C[C@@H]2C. The van der Waals surface area contributed by atoms with E-state index >= 15 is 0 Å². The van der Waals surface area contributed by atoms with Gasteiger partial charge in [0, 0.05) is 18.9 Å². The van der Waals surface area contributed by atoms with Crippen LogP contribution in [0.5, 0.6) is 0 Å². The zero-order valence-corrected chi connectivity index (χ0v) is 32.3. The maximum atomic E-state index is 13.5. The zero-order chi connectivity index (χ0) is 35.8. The number of rotatable bonds is 7. The third-order valence-corrected chi connectivity index (χ3v) is 16.2. The van der Waals surface area contributed by atoms with Gasteiger partial charge in [-0.3, -0.25) is 4.79 Å². The van der Waals surface area contributed by atoms with E-state index in [0.717, 1.165) is 44.1 Å². The first-order valence-electron chi connectivity index (χ1n) is 18.9. The van der Waals surface area contributed by atoms with Gasteiger partial charge in [0.1, 0.15) is 6.10 Å². The van der Waals surface area contributed by atoms with Crippen LogP contribution < -0.4 is 10.4 Å². The van der Waals surface area contributed by atoms with Crippen molar-refractivity contribution in [3.8, 4) is 0 Å². The minimum atomic E-state index is -2.73. The molecule has 7 heteroatoms. The summed E-state index contributed by atoms with van der Waals surface area (Å²) in [6.45, 7) is 19.5. The maximum Gasteiger partial charge on any atom is 0.308 e. The lowest BCUT2D eigenvalue weighted by atomic mass is 9.88. The smallest absolute Gasteiger partial charge is 0.308 e. The predicted octanol–water partition coefficient (Wildman–Crippen LogP) is 7.73. The van der Waals surface area contributed by atoms with Crippen LogP contribution in [0.3, 0.4) is 0 Å². The fourth-order valence-corrected chi connectivity index (χ4v) is 12.9. The first-order chi connectivity index (χ1) is 23.2. The highest BCUT2D eigenvalue weighted by atomic mass is 28.4. The highest BCUT2D eigenvalue weighted by molar-refractivity contribution is 6.99. The normalized spacial score (nSPS) is 30.6. The number of aliphatic hydroxyl groups is 2. The summed E-state index contributed by atoms with van der Waals surface area (Å²) in [6, 6.07) is 21.4. The Morgan fingerprint density at radius 1 is 0.898 bits per heavy atom. The van der Waals surface area contributed by atoms with Crippen LogP contribution in [0.4, 0.5) is 0 Å². The number of aliphatic hydroxyl groups excluding tert-OH is 2. The summed E-state index contributed by atoms with van der Waals surface area (Å²) in [5.74, 6) is -0.122. The highest BCUT2D eigenvalue weighted by Crippen LogP contribution is 2.38. The van der Waals surface area contributed by atoms with Crippen LogP contribution in [0.15, 0.2) is 72.8 Å². The van der Waals surface area contributed by atoms with Crippen LogP contribution >= 0.6 is 0 Å². The van der Waals surface area contributed by atoms with Gasteiger partial charge in [0.05, 0.1) is 30.3 Å². The molecule has 2 N–H and O–H groups in total. The standard InChI is InChI=1S/C42H64O6Si/c1-29-25-32(4)40(44)38(43)28-35-27-31(3)39(46-35)22-16-15-17-30(2)41(45)47-34(26-29)24-23-33(5)48-49(42(6,7)8,36-18-11-9-12-19-36)37-20-13-10-14-21-37/h9-14,18-21,30-35,38-40,43-44H,1,15-17,22-28H2,2-8H3/t30-,31-,32+,33-,34+,35+,38+,39-,40+/m0/s1. The molecule has 272 valence electrons. The van der Waals surface area contributed by atoms with Crippen LogP contribution in [-0.4, -0.2) is 61.1 Å². The molecule has 2 heterocycles. The van der Waals surface area contributed by atoms with E-state index in [0.29, 0.717) is 31.6 Å². The number of ether oxygens (including phenoxy) is 2. The number of esters is 1. The number of hydrogen-bond acceptors (Lipinski definition) is 6. The first-order valence-corrected chi connectivity index (χ1v) is 20.8. The van der Waals surface area contributed by atoms with E-state index in [4.69, 9.17) is 13.9 Å². The first kappa shape index (κ1) is 39.5. The monoisotopic (exact) mass is 692 g/mol. The molecule has 2 aromatic rings. The summed E-state index contributed by atoms with van der Waals surface area (Å²) in [7, 11) is -2.73. The minimum absolute atomic E-state index is 0.0368. The van der Waals surface area contributed by atoms with Crippen LogP contribution in [0, 0.1) is 17.8 Å². The number of fused-ring (bicyclic) bond motifs is 2. The second kappa shape index (κ2) is 17.8. The Balaban J connectivity index is 1.51. The zero-order valence-electron chi connectivity index (χ0n) is 31.3. The summed E-state index contributed by atoms with van der Waals surface area (Å²) >= 11 is 0. The lowest BCUT2D eigenvalue weighted by Crippen LogP contribution is -2.67. The van der Waals surface area contributed by atoms with Crippen LogP contribution in [0.2, 0.25) is 5.04 Å². The Bertz CT molecular complexity index is 1270. The van der Waals surface area contributed by atoms with Gasteiger partial charge in [0.2, 0.25) is 0 Å². The van der Waals surface area contributed by atoms with Gasteiger partial charge in [0.15, 0.2) is 0 Å². The quantitative estimate of drug-likeness (QED) is 0.176. The van der Waals surface area contributed by atoms with E-state index in [1.54, 1.807) is 0 Å². The number of carbonyl (C=O) groups excluding carboxylic acids is 1. The molecule has 2 aliphatic heterocycles. The average molecular weight is 693 g/mol. The van der Waals surface area contributed by atoms with Crippen molar-refractivity contribution in [3.63, 3.8) is 0 Å². The Kier molecular flexibility index (Phi) is 14.3. The molecule has 0 saturated carbocycles. The van der Waals surface area contributed by atoms with Crippen molar-refractivity contribution in [1.82, 2.24) is 0 Å². The van der Waals surface area contributed by atoms with Gasteiger partial charge in [-0.25, -0.2) is 0 Å². The second-order valence-electron chi connectivity index (χ2n) is 16.4. The molecule has 0 radical (unpaired) electrons. The summed E-state index contributed by atoms with van der Waals surface area (Å²) in [6.07, 6.45) is 5.39. The molecule has 2 saturated heterocycles. The Hall–Kier alpha value is -2.29. The second-order valence-corrected chi connectivity index (χ2v) is 20.6. The molecule has 4 rings (SSSR count). The van der Waals surface area contributed by atoms with Gasteiger partial charge < -0.3 is 24.1 Å². The predicted molar refractivity (Wildman–Crippen MR) is 202 cm³/mol. The summed E-state index contributed by atoms with van der Waals surface area (Å²) in [4.78, 5) is 13.5. The van der Waals surface area contributed by atoms with E-state index < -0.39 is 20.5 Å². The van der Waals surface area contributed by atoms with E-state index in [1.165, 1.54) is 10.4 Å². The van der Waals surface area contributed by atoms with E-state index in [-0.39, 0.29) is 47.3 Å². The summed E-state index contributed by atoms with van der Waals surface area (Å²) in [5.41, 5.74) is 0.914. The third kappa shape index (κ3) is 10.4. The minimum Gasteiger partial charge on any atom is -0.462 e. The van der Waals surface area contributed by atoms with Gasteiger partial charge in [0.25, 0.3) is 8.32 Å². The fourth-order valence-electron chi connectivity index (χ4n) is 8.15. The molecular weight excluding hydrogens is 629 g/mol. The van der Waals surface area contributed by atoms with Gasteiger partial charge in [-0.05, 0) is 72.7 Å². The Labute approximate surface area is 297 Å². The van der Waals surface area contributed by atoms with Crippen molar-refractivity contribution < 1.29 is 28.9 Å². The molecule has 2 aliphatic rings. The van der Waals surface area contributed by atoms with E-state index in [2.05, 4.69) is 102 Å². The van der Waals surface area contributed by atoms with Crippen LogP contribution in [0.1, 0.15) is 113 Å². The maximum absolute atomic E-state index is 13.5. The van der Waals surface area contributed by atoms with Crippen molar-refractivity contribution >= 4 is 24.7 Å². The summed E-state index contributed by atoms with van der Waals surface area (Å²) < 4.78 is 19.9. The third-order valence-electron chi connectivity index (χ3n) is 11.0. The molecule has 2 aromatic carbocycles. The fraction of sp³-hybridized carbons (Fsp3) is 0.643. The lowest BCUT2D eigenvalue weighted by Gasteiger charge is -2.44. The molecule has 9 atom stereocenters. The molecule has 0 amide bonds. The molecule has 0 unspecified atom stereocenters.